The van der Waals surface area contributed by atoms with Crippen LogP contribution in [-0.4, -0.2) is 68.3 Å². The van der Waals surface area contributed by atoms with Gasteiger partial charge in [0.1, 0.15) is 23.3 Å². The van der Waals surface area contributed by atoms with E-state index in [1.165, 1.54) is 0 Å². The first kappa shape index (κ1) is 29.9. The van der Waals surface area contributed by atoms with E-state index in [2.05, 4.69) is 50.5 Å². The van der Waals surface area contributed by atoms with Crippen LogP contribution in [0.5, 0.6) is 0 Å². The third kappa shape index (κ3) is 9.93. The number of unbranched alkanes of at least 4 members (excludes halogenated alkanes) is 3. The molecule has 0 bridgehead atoms. The molecule has 0 aliphatic rings. The maximum atomic E-state index is 6.19. The first-order valence-electron chi connectivity index (χ1n) is 13.5. The average molecular weight is 549 g/mol. The molecule has 40 heavy (non-hydrogen) atoms. The monoisotopic (exact) mass is 548 g/mol. The van der Waals surface area contributed by atoms with Gasteiger partial charge in [0.25, 0.3) is 0 Å². The molecule has 3 rings (SSSR count). The number of anilines is 4. The molecule has 0 spiro atoms. The van der Waals surface area contributed by atoms with E-state index in [1.54, 1.807) is 7.05 Å². The van der Waals surface area contributed by atoms with Gasteiger partial charge in [-0.05, 0) is 25.7 Å². The summed E-state index contributed by atoms with van der Waals surface area (Å²) in [6, 6.07) is 7.65. The summed E-state index contributed by atoms with van der Waals surface area (Å²) in [5.41, 5.74) is 25.5. The summed E-state index contributed by atoms with van der Waals surface area (Å²) in [7, 11) is 1.72. The largest absolute Gasteiger partial charge is 0.384 e. The quantitative estimate of drug-likeness (QED) is 0.0850. The highest BCUT2D eigenvalue weighted by atomic mass is 15.2. The molecule has 1 aromatic carbocycles. The molecule has 0 fully saturated rings. The van der Waals surface area contributed by atoms with Gasteiger partial charge in [0, 0.05) is 50.7 Å². The van der Waals surface area contributed by atoms with Crippen LogP contribution in [0.4, 0.5) is 23.8 Å². The molecule has 214 valence electrons. The number of aromatic nitrogens is 6. The zero-order chi connectivity index (χ0) is 28.7. The second kappa shape index (κ2) is 15.7. The molecule has 0 unspecified atom stereocenters. The molecule has 0 radical (unpaired) electrons. The summed E-state index contributed by atoms with van der Waals surface area (Å²) in [4.78, 5) is 34.0. The minimum absolute atomic E-state index is 0.166. The Morgan fingerprint density at radius 3 is 1.90 bits per heavy atom. The summed E-state index contributed by atoms with van der Waals surface area (Å²) in [5, 5.41) is 5.98. The van der Waals surface area contributed by atoms with Crippen molar-refractivity contribution in [2.45, 2.75) is 51.9 Å². The Hall–Kier alpha value is -4.62. The van der Waals surface area contributed by atoms with E-state index in [1.807, 2.05) is 31.2 Å². The molecule has 2 aromatic heterocycles. The Morgan fingerprint density at radius 1 is 0.700 bits per heavy atom. The zero-order valence-corrected chi connectivity index (χ0v) is 23.3. The second-order valence-electron chi connectivity index (χ2n) is 9.03. The Labute approximate surface area is 234 Å². The van der Waals surface area contributed by atoms with Gasteiger partial charge in [-0.25, -0.2) is 4.98 Å². The fraction of sp³-hybridized carbons (Fsp3) is 0.462. The predicted octanol–water partition coefficient (Wildman–Crippen LogP) is 1.54. The third-order valence-electron chi connectivity index (χ3n) is 5.91. The van der Waals surface area contributed by atoms with E-state index in [9.17, 15) is 0 Å². The van der Waals surface area contributed by atoms with E-state index in [0.29, 0.717) is 43.2 Å². The summed E-state index contributed by atoms with van der Waals surface area (Å²) in [6.07, 6.45) is 6.12. The predicted molar refractivity (Wildman–Crippen MR) is 160 cm³/mol. The molecule has 0 saturated carbocycles. The normalized spacial score (nSPS) is 11.9. The molecule has 14 nitrogen and oxygen atoms in total. The van der Waals surface area contributed by atoms with Crippen LogP contribution in [-0.2, 0) is 12.8 Å². The fourth-order valence-corrected chi connectivity index (χ4v) is 3.74. The smallest absolute Gasteiger partial charge is 0.229 e. The minimum atomic E-state index is 0.166. The highest BCUT2D eigenvalue weighted by Crippen LogP contribution is 2.08. The second-order valence-corrected chi connectivity index (χ2v) is 9.03. The van der Waals surface area contributed by atoms with Crippen molar-refractivity contribution >= 4 is 35.5 Å². The van der Waals surface area contributed by atoms with E-state index < -0.39 is 0 Å². The fourth-order valence-electron chi connectivity index (χ4n) is 3.74. The summed E-state index contributed by atoms with van der Waals surface area (Å²) in [6.45, 7) is 3.95. The van der Waals surface area contributed by atoms with Crippen LogP contribution in [0.25, 0.3) is 0 Å². The average Bonchev–Trinajstić information content (AvgIpc) is 2.95. The first-order chi connectivity index (χ1) is 19.4. The molecule has 3 aromatic rings. The molecule has 2 heterocycles. The minimum Gasteiger partial charge on any atom is -0.384 e. The molecule has 0 aliphatic carbocycles. The van der Waals surface area contributed by atoms with Crippen molar-refractivity contribution in [3.8, 4) is 0 Å². The molecule has 0 amide bonds. The van der Waals surface area contributed by atoms with Crippen LogP contribution < -0.4 is 33.6 Å². The SMILES string of the molecule is CCc1nc(N)nc(CCCCCN=C(N)c2ccc(C(N)=NCCCCNc3nc(N)nc(NC)n3)cc2)n1. The Morgan fingerprint density at radius 2 is 1.27 bits per heavy atom. The summed E-state index contributed by atoms with van der Waals surface area (Å²) in [5.74, 6) is 3.79. The van der Waals surface area contributed by atoms with Crippen LogP contribution in [0.3, 0.4) is 0 Å². The van der Waals surface area contributed by atoms with E-state index >= 15 is 0 Å². The highest BCUT2D eigenvalue weighted by molar-refractivity contribution is 6.00. The van der Waals surface area contributed by atoms with Crippen LogP contribution >= 0.6 is 0 Å². The van der Waals surface area contributed by atoms with Gasteiger partial charge in [-0.15, -0.1) is 0 Å². The Kier molecular flexibility index (Phi) is 11.8. The van der Waals surface area contributed by atoms with Crippen molar-refractivity contribution in [3.05, 3.63) is 47.0 Å². The first-order valence-corrected chi connectivity index (χ1v) is 13.5. The number of nitrogens with two attached hydrogens (primary N) is 4. The summed E-state index contributed by atoms with van der Waals surface area (Å²) < 4.78 is 0. The van der Waals surface area contributed by atoms with Crippen molar-refractivity contribution < 1.29 is 0 Å². The lowest BCUT2D eigenvalue weighted by Gasteiger charge is -2.07. The van der Waals surface area contributed by atoms with Gasteiger partial charge in [0.15, 0.2) is 0 Å². The lowest BCUT2D eigenvalue weighted by Crippen LogP contribution is -2.17. The molecule has 14 heteroatoms. The van der Waals surface area contributed by atoms with Crippen LogP contribution in [0.1, 0.15) is 61.8 Å². The number of aryl methyl sites for hydroxylation is 2. The van der Waals surface area contributed by atoms with E-state index in [4.69, 9.17) is 22.9 Å². The lowest BCUT2D eigenvalue weighted by molar-refractivity contribution is 0.663. The standard InChI is InChI=1S/C26H40N14/c1-3-19-35-20(37-23(29)36-19)9-5-4-6-14-32-21(27)17-10-12-18(13-11-17)22(28)33-15-7-8-16-34-26-39-24(30)38-25(31-2)40-26/h10-13H,3-9,14-16H2,1-2H3,(H2,27,32)(H2,28,33)(H2,29,35,36,37)(H4,30,31,34,38,39,40). The number of aliphatic imine (C=N–C) groups is 2. The number of nitrogens with one attached hydrogen (secondary N) is 2. The molecular weight excluding hydrogens is 508 g/mol. The molecule has 10 N–H and O–H groups in total. The maximum Gasteiger partial charge on any atom is 0.229 e. The topological polar surface area (TPSA) is 230 Å². The third-order valence-corrected chi connectivity index (χ3v) is 5.91. The van der Waals surface area contributed by atoms with Crippen LogP contribution in [0.15, 0.2) is 34.3 Å². The number of nitrogen functional groups attached to an aromatic ring is 2. The molecule has 0 saturated heterocycles. The number of benzene rings is 1. The van der Waals surface area contributed by atoms with Gasteiger partial charge in [-0.2, -0.15) is 24.9 Å². The van der Waals surface area contributed by atoms with Gasteiger partial charge >= 0.3 is 0 Å². The van der Waals surface area contributed by atoms with Gasteiger partial charge < -0.3 is 33.6 Å². The van der Waals surface area contributed by atoms with Gasteiger partial charge in [-0.3, -0.25) is 9.98 Å². The Balaban J connectivity index is 1.34. The van der Waals surface area contributed by atoms with Gasteiger partial charge in [0.2, 0.25) is 23.8 Å². The maximum absolute atomic E-state index is 6.19. The number of amidine groups is 2. The van der Waals surface area contributed by atoms with Gasteiger partial charge in [0.05, 0.1) is 0 Å². The zero-order valence-electron chi connectivity index (χ0n) is 23.3. The van der Waals surface area contributed by atoms with Crippen LogP contribution in [0, 0.1) is 0 Å². The number of hydrogen-bond acceptors (Lipinski definition) is 12. The van der Waals surface area contributed by atoms with E-state index in [-0.39, 0.29) is 11.9 Å². The van der Waals surface area contributed by atoms with Crippen molar-refractivity contribution in [2.75, 3.05) is 48.8 Å². The van der Waals surface area contributed by atoms with Crippen molar-refractivity contribution in [1.29, 1.82) is 0 Å². The van der Waals surface area contributed by atoms with Crippen molar-refractivity contribution in [1.82, 2.24) is 29.9 Å². The Bertz CT molecular complexity index is 1170. The number of nitrogens with zero attached hydrogens (tertiary/aromatic N) is 8. The van der Waals surface area contributed by atoms with Crippen LogP contribution in [0.2, 0.25) is 0 Å². The molecule has 0 atom stereocenters. The van der Waals surface area contributed by atoms with Crippen molar-refractivity contribution in [3.63, 3.8) is 0 Å². The lowest BCUT2D eigenvalue weighted by atomic mass is 10.1. The highest BCUT2D eigenvalue weighted by Gasteiger charge is 2.05. The summed E-state index contributed by atoms with van der Waals surface area (Å²) >= 11 is 0. The molecule has 0 aliphatic heterocycles. The van der Waals surface area contributed by atoms with Crippen molar-refractivity contribution in [2.24, 2.45) is 21.5 Å². The van der Waals surface area contributed by atoms with E-state index in [0.717, 1.165) is 67.7 Å². The number of rotatable bonds is 16. The number of hydrogen-bond donors (Lipinski definition) is 6. The molecular formula is C26H40N14. The van der Waals surface area contributed by atoms with Gasteiger partial charge in [-0.1, -0.05) is 37.6 Å².